The van der Waals surface area contributed by atoms with Gasteiger partial charge in [0, 0.05) is 34.9 Å². The van der Waals surface area contributed by atoms with Gasteiger partial charge in [-0.05, 0) is 54.9 Å². The largest absolute Gasteiger partial charge is 0.361 e. The van der Waals surface area contributed by atoms with Crippen LogP contribution in [0.5, 0.6) is 0 Å². The van der Waals surface area contributed by atoms with Crippen LogP contribution >= 0.6 is 0 Å². The highest BCUT2D eigenvalue weighted by molar-refractivity contribution is 5.94. The Morgan fingerprint density at radius 3 is 2.96 bits per heavy atom. The van der Waals surface area contributed by atoms with E-state index in [9.17, 15) is 0 Å². The molecule has 5 rings (SSSR count). The first-order chi connectivity index (χ1) is 12.8. The van der Waals surface area contributed by atoms with Gasteiger partial charge in [0.15, 0.2) is 0 Å². The molecule has 0 spiro atoms. The number of hydrogen-bond donors (Lipinski definition) is 2. The van der Waals surface area contributed by atoms with Crippen molar-refractivity contribution in [2.75, 3.05) is 13.1 Å². The molecule has 1 aliphatic heterocycles. The maximum absolute atomic E-state index is 9.07. The molecule has 0 bridgehead atoms. The van der Waals surface area contributed by atoms with Crippen molar-refractivity contribution in [1.82, 2.24) is 19.9 Å². The van der Waals surface area contributed by atoms with Gasteiger partial charge in [0.05, 0.1) is 22.7 Å². The predicted octanol–water partition coefficient (Wildman–Crippen LogP) is 3.76. The normalized spacial score (nSPS) is 14.5. The van der Waals surface area contributed by atoms with E-state index >= 15 is 0 Å². The Kier molecular flexibility index (Phi) is 3.37. The standard InChI is InChI=1S/C21H17N5/c22-11-14-1-4-21-20(9-14)25-13-26(21)16-2-3-19-17(10-16)18(12-24-19)15-5-7-23-8-6-15/h1-5,9-10,12-13,23-24H,6-8H2. The molecule has 0 radical (unpaired) electrons. The summed E-state index contributed by atoms with van der Waals surface area (Å²) in [7, 11) is 0. The number of aromatic amines is 1. The van der Waals surface area contributed by atoms with E-state index in [4.69, 9.17) is 5.26 Å². The summed E-state index contributed by atoms with van der Waals surface area (Å²) in [6.07, 6.45) is 7.25. The highest BCUT2D eigenvalue weighted by Gasteiger charge is 2.13. The number of benzene rings is 2. The van der Waals surface area contributed by atoms with Crippen molar-refractivity contribution < 1.29 is 0 Å². The fraction of sp³-hybridized carbons (Fsp3) is 0.143. The molecule has 1 aliphatic rings. The van der Waals surface area contributed by atoms with Crippen LogP contribution in [0.4, 0.5) is 0 Å². The Morgan fingerprint density at radius 2 is 2.12 bits per heavy atom. The number of imidazole rings is 1. The highest BCUT2D eigenvalue weighted by atomic mass is 15.0. The maximum Gasteiger partial charge on any atom is 0.100 e. The average Bonchev–Trinajstić information content (AvgIpc) is 3.31. The zero-order valence-electron chi connectivity index (χ0n) is 14.2. The van der Waals surface area contributed by atoms with Gasteiger partial charge in [-0.15, -0.1) is 0 Å². The minimum atomic E-state index is 0.629. The quantitative estimate of drug-likeness (QED) is 0.584. The molecule has 126 valence electrons. The minimum Gasteiger partial charge on any atom is -0.361 e. The molecule has 2 aromatic heterocycles. The molecule has 0 saturated carbocycles. The van der Waals surface area contributed by atoms with Crippen molar-refractivity contribution in [3.8, 4) is 11.8 Å². The van der Waals surface area contributed by atoms with Crippen LogP contribution in [0, 0.1) is 11.3 Å². The number of nitrogens with zero attached hydrogens (tertiary/aromatic N) is 3. The number of hydrogen-bond acceptors (Lipinski definition) is 3. The third-order valence-electron chi connectivity index (χ3n) is 5.03. The van der Waals surface area contributed by atoms with Crippen molar-refractivity contribution >= 4 is 27.5 Å². The molecule has 26 heavy (non-hydrogen) atoms. The molecule has 3 heterocycles. The zero-order valence-corrected chi connectivity index (χ0v) is 14.2. The van der Waals surface area contributed by atoms with Crippen molar-refractivity contribution in [3.05, 3.63) is 66.1 Å². The van der Waals surface area contributed by atoms with Crippen molar-refractivity contribution in [1.29, 1.82) is 5.26 Å². The van der Waals surface area contributed by atoms with E-state index in [0.29, 0.717) is 5.56 Å². The molecule has 0 saturated heterocycles. The van der Waals surface area contributed by atoms with Gasteiger partial charge in [0.1, 0.15) is 6.33 Å². The van der Waals surface area contributed by atoms with Crippen LogP contribution in [0.15, 0.2) is 55.0 Å². The smallest absolute Gasteiger partial charge is 0.100 e. The maximum atomic E-state index is 9.07. The van der Waals surface area contributed by atoms with Crippen LogP contribution in [0.1, 0.15) is 17.5 Å². The molecular formula is C21H17N5. The Bertz CT molecular complexity index is 1200. The van der Waals surface area contributed by atoms with Gasteiger partial charge >= 0.3 is 0 Å². The molecular weight excluding hydrogens is 322 g/mol. The monoisotopic (exact) mass is 339 g/mol. The lowest BCUT2D eigenvalue weighted by atomic mass is 9.99. The van der Waals surface area contributed by atoms with Crippen LogP contribution in [-0.4, -0.2) is 27.6 Å². The number of rotatable bonds is 2. The van der Waals surface area contributed by atoms with Gasteiger partial charge in [-0.1, -0.05) is 6.08 Å². The lowest BCUT2D eigenvalue weighted by molar-refractivity contribution is 0.739. The summed E-state index contributed by atoms with van der Waals surface area (Å²) in [5.41, 5.74) is 7.34. The van der Waals surface area contributed by atoms with Gasteiger partial charge in [0.25, 0.3) is 0 Å². The first-order valence-corrected chi connectivity index (χ1v) is 8.72. The van der Waals surface area contributed by atoms with Crippen LogP contribution < -0.4 is 5.32 Å². The number of nitriles is 1. The molecule has 2 N–H and O–H groups in total. The first kappa shape index (κ1) is 14.9. The summed E-state index contributed by atoms with van der Waals surface area (Å²) in [6, 6.07) is 14.2. The number of H-pyrrole nitrogens is 1. The SMILES string of the molecule is N#Cc1ccc2c(c1)ncn2-c1ccc2[nH]cc(C3=CCNCC3)c2c1. The summed E-state index contributed by atoms with van der Waals surface area (Å²) in [6.45, 7) is 1.95. The third kappa shape index (κ3) is 2.32. The topological polar surface area (TPSA) is 69.4 Å². The summed E-state index contributed by atoms with van der Waals surface area (Å²) in [5, 5.41) is 13.7. The second-order valence-electron chi connectivity index (χ2n) is 6.55. The lowest BCUT2D eigenvalue weighted by Gasteiger charge is -2.13. The second-order valence-corrected chi connectivity index (χ2v) is 6.55. The van der Waals surface area contributed by atoms with E-state index in [-0.39, 0.29) is 0 Å². The Labute approximate surface area is 150 Å². The van der Waals surface area contributed by atoms with Gasteiger partial charge in [0.2, 0.25) is 0 Å². The van der Waals surface area contributed by atoms with E-state index < -0.39 is 0 Å². The predicted molar refractivity (Wildman–Crippen MR) is 103 cm³/mol. The Balaban J connectivity index is 1.66. The molecule has 2 aromatic carbocycles. The highest BCUT2D eigenvalue weighted by Crippen LogP contribution is 2.30. The average molecular weight is 339 g/mol. The summed E-state index contributed by atoms with van der Waals surface area (Å²) in [4.78, 5) is 7.86. The van der Waals surface area contributed by atoms with E-state index in [1.165, 1.54) is 16.5 Å². The first-order valence-electron chi connectivity index (χ1n) is 8.72. The van der Waals surface area contributed by atoms with Crippen LogP contribution in [-0.2, 0) is 0 Å². The fourth-order valence-electron chi connectivity index (χ4n) is 3.68. The van der Waals surface area contributed by atoms with E-state index in [2.05, 4.69) is 56.4 Å². The van der Waals surface area contributed by atoms with Gasteiger partial charge in [-0.25, -0.2) is 4.98 Å². The van der Waals surface area contributed by atoms with E-state index in [0.717, 1.165) is 41.7 Å². The van der Waals surface area contributed by atoms with E-state index in [1.807, 2.05) is 24.5 Å². The second kappa shape index (κ2) is 5.87. The van der Waals surface area contributed by atoms with Crippen molar-refractivity contribution in [3.63, 3.8) is 0 Å². The minimum absolute atomic E-state index is 0.629. The molecule has 4 aromatic rings. The van der Waals surface area contributed by atoms with Gasteiger partial charge < -0.3 is 10.3 Å². The summed E-state index contributed by atoms with van der Waals surface area (Å²) >= 11 is 0. The molecule has 0 atom stereocenters. The summed E-state index contributed by atoms with van der Waals surface area (Å²) in [5.74, 6) is 0. The Morgan fingerprint density at radius 1 is 1.15 bits per heavy atom. The number of aromatic nitrogens is 3. The third-order valence-corrected chi connectivity index (χ3v) is 5.03. The van der Waals surface area contributed by atoms with Crippen molar-refractivity contribution in [2.24, 2.45) is 0 Å². The zero-order chi connectivity index (χ0) is 17.5. The Hall–Kier alpha value is -3.36. The van der Waals surface area contributed by atoms with Crippen molar-refractivity contribution in [2.45, 2.75) is 6.42 Å². The molecule has 5 heteroatoms. The summed E-state index contributed by atoms with van der Waals surface area (Å²) < 4.78 is 2.07. The lowest BCUT2D eigenvalue weighted by Crippen LogP contribution is -2.19. The molecule has 0 unspecified atom stereocenters. The van der Waals surface area contributed by atoms with Crippen LogP contribution in [0.3, 0.4) is 0 Å². The van der Waals surface area contributed by atoms with E-state index in [1.54, 1.807) is 0 Å². The van der Waals surface area contributed by atoms with Gasteiger partial charge in [-0.2, -0.15) is 5.26 Å². The van der Waals surface area contributed by atoms with Crippen LogP contribution in [0.25, 0.3) is 33.2 Å². The van der Waals surface area contributed by atoms with Gasteiger partial charge in [-0.3, -0.25) is 4.57 Å². The number of fused-ring (bicyclic) bond motifs is 2. The molecule has 0 fully saturated rings. The van der Waals surface area contributed by atoms with Crippen LogP contribution in [0.2, 0.25) is 0 Å². The number of nitrogens with one attached hydrogen (secondary N) is 2. The molecule has 0 amide bonds. The fourth-order valence-corrected chi connectivity index (χ4v) is 3.68. The molecule has 5 nitrogen and oxygen atoms in total. The molecule has 0 aliphatic carbocycles.